The molecule has 0 aliphatic heterocycles. The van der Waals surface area contributed by atoms with Crippen LogP contribution in [0.4, 0.5) is 0 Å². The van der Waals surface area contributed by atoms with Gasteiger partial charge in [-0.05, 0) is 35.4 Å². The summed E-state index contributed by atoms with van der Waals surface area (Å²) in [5.74, 6) is 2.56. The highest BCUT2D eigenvalue weighted by atomic mass is 15.1. The summed E-state index contributed by atoms with van der Waals surface area (Å²) < 4.78 is 2.25. The highest BCUT2D eigenvalue weighted by Crippen LogP contribution is 2.38. The second-order valence-electron chi connectivity index (χ2n) is 13.3. The molecule has 0 unspecified atom stereocenters. The number of benzene rings is 7. The van der Waals surface area contributed by atoms with E-state index < -0.39 is 0 Å². The summed E-state index contributed by atoms with van der Waals surface area (Å²) in [6.45, 7) is 0. The van der Waals surface area contributed by atoms with Gasteiger partial charge in [0.15, 0.2) is 23.3 Å². The van der Waals surface area contributed by atoms with Gasteiger partial charge in [0.05, 0.1) is 16.6 Å². The second kappa shape index (κ2) is 13.8. The van der Waals surface area contributed by atoms with Crippen molar-refractivity contribution >= 4 is 21.9 Å². The molecular weight excluding hydrogens is 673 g/mol. The number of hydrogen-bond donors (Lipinski definition) is 0. The van der Waals surface area contributed by atoms with Crippen LogP contribution in [0.25, 0.3) is 95.6 Å². The topological polar surface area (TPSA) is 69.4 Å². The van der Waals surface area contributed by atoms with Crippen molar-refractivity contribution < 1.29 is 0 Å². The van der Waals surface area contributed by atoms with Crippen molar-refractivity contribution in [2.24, 2.45) is 0 Å². The first-order valence-electron chi connectivity index (χ1n) is 18.3. The van der Waals surface area contributed by atoms with Crippen molar-refractivity contribution in [2.45, 2.75) is 0 Å². The van der Waals surface area contributed by atoms with Crippen molar-refractivity contribution in [3.63, 3.8) is 0 Å². The molecule has 6 nitrogen and oxygen atoms in total. The number of rotatable bonds is 7. The van der Waals surface area contributed by atoms with Crippen LogP contribution >= 0.6 is 0 Å². The molecular formula is C49H32N6. The highest BCUT2D eigenvalue weighted by molar-refractivity contribution is 6.14. The van der Waals surface area contributed by atoms with Gasteiger partial charge in [-0.1, -0.05) is 170 Å². The van der Waals surface area contributed by atoms with Gasteiger partial charge in [0, 0.05) is 38.9 Å². The second-order valence-corrected chi connectivity index (χ2v) is 13.3. The average Bonchev–Trinajstić information content (AvgIpc) is 3.61. The summed E-state index contributed by atoms with van der Waals surface area (Å²) in [7, 11) is 0. The van der Waals surface area contributed by atoms with Crippen molar-refractivity contribution in [1.82, 2.24) is 29.5 Å². The fourth-order valence-corrected chi connectivity index (χ4v) is 7.21. The van der Waals surface area contributed by atoms with Crippen molar-refractivity contribution in [3.8, 4) is 73.6 Å². The van der Waals surface area contributed by atoms with Gasteiger partial charge in [-0.3, -0.25) is 4.57 Å². The Kier molecular flexibility index (Phi) is 8.04. The first-order valence-corrected chi connectivity index (χ1v) is 18.3. The van der Waals surface area contributed by atoms with E-state index in [0.717, 1.165) is 72.3 Å². The molecule has 0 aliphatic carbocycles. The zero-order valence-electron chi connectivity index (χ0n) is 29.7. The van der Waals surface area contributed by atoms with E-state index in [0.29, 0.717) is 23.3 Å². The van der Waals surface area contributed by atoms with Gasteiger partial charge >= 0.3 is 0 Å². The monoisotopic (exact) mass is 704 g/mol. The molecule has 55 heavy (non-hydrogen) atoms. The molecule has 0 spiro atoms. The van der Waals surface area contributed by atoms with Crippen molar-refractivity contribution in [1.29, 1.82) is 0 Å². The van der Waals surface area contributed by atoms with Gasteiger partial charge in [0.2, 0.25) is 0 Å². The SMILES string of the molecule is c1ccc(-c2nc(-c3ccccc3)nc(-c3cccc(-c4ccc(-c5nc(-c6ccccc6)c6c7ccccc7n(-c7ccccc7)c6n5)cc4)c3)n2)cc1. The Bertz CT molecular complexity index is 2890. The maximum Gasteiger partial charge on any atom is 0.164 e. The van der Waals surface area contributed by atoms with E-state index >= 15 is 0 Å². The quantitative estimate of drug-likeness (QED) is 0.165. The first kappa shape index (κ1) is 32.1. The van der Waals surface area contributed by atoms with E-state index in [2.05, 4.69) is 126 Å². The van der Waals surface area contributed by atoms with Crippen LogP contribution in [0.5, 0.6) is 0 Å². The lowest BCUT2D eigenvalue weighted by atomic mass is 10.0. The minimum absolute atomic E-state index is 0.620. The summed E-state index contributed by atoms with van der Waals surface area (Å²) >= 11 is 0. The van der Waals surface area contributed by atoms with Crippen molar-refractivity contribution in [2.75, 3.05) is 0 Å². The van der Waals surface area contributed by atoms with Crippen LogP contribution in [-0.4, -0.2) is 29.5 Å². The molecule has 10 rings (SSSR count). The largest absolute Gasteiger partial charge is 0.294 e. The molecule has 0 N–H and O–H groups in total. The van der Waals surface area contributed by atoms with E-state index in [1.165, 1.54) is 0 Å². The molecule has 6 heteroatoms. The maximum atomic E-state index is 5.30. The predicted octanol–water partition coefficient (Wildman–Crippen LogP) is 11.8. The third-order valence-corrected chi connectivity index (χ3v) is 9.87. The van der Waals surface area contributed by atoms with Crippen LogP contribution in [0.3, 0.4) is 0 Å². The molecule has 258 valence electrons. The molecule has 0 saturated carbocycles. The average molecular weight is 705 g/mol. The van der Waals surface area contributed by atoms with Crippen LogP contribution in [0.2, 0.25) is 0 Å². The van der Waals surface area contributed by atoms with Crippen LogP contribution in [-0.2, 0) is 0 Å². The Labute approximate surface area is 318 Å². The summed E-state index contributed by atoms with van der Waals surface area (Å²) in [5, 5.41) is 2.15. The summed E-state index contributed by atoms with van der Waals surface area (Å²) in [6.07, 6.45) is 0. The third kappa shape index (κ3) is 6.02. The fourth-order valence-electron chi connectivity index (χ4n) is 7.21. The van der Waals surface area contributed by atoms with Gasteiger partial charge in [0.1, 0.15) is 5.65 Å². The van der Waals surface area contributed by atoms with E-state index in [9.17, 15) is 0 Å². The van der Waals surface area contributed by atoms with Crippen LogP contribution < -0.4 is 0 Å². The first-order chi connectivity index (χ1) is 27.3. The molecule has 0 atom stereocenters. The number of aromatic nitrogens is 6. The van der Waals surface area contributed by atoms with E-state index in [-0.39, 0.29) is 0 Å². The van der Waals surface area contributed by atoms with Gasteiger partial charge < -0.3 is 0 Å². The standard InChI is InChI=1S/C49H32N6/c1-5-16-34(17-6-1)44-43-41-26-13-14-27-42(41)55(40-24-11-4-12-25-40)49(43)54-45(50-44)37-30-28-33(29-31-37)38-22-15-23-39(32-38)48-52-46(35-18-7-2-8-19-35)51-47(53-48)36-20-9-3-10-21-36/h1-32H. The molecule has 0 aliphatic rings. The summed E-state index contributed by atoms with van der Waals surface area (Å²) in [5.41, 5.74) is 10.8. The third-order valence-electron chi connectivity index (χ3n) is 9.87. The molecule has 3 aromatic heterocycles. The fraction of sp³-hybridized carbons (Fsp3) is 0. The number of para-hydroxylation sites is 2. The zero-order valence-corrected chi connectivity index (χ0v) is 29.7. The zero-order chi connectivity index (χ0) is 36.6. The number of hydrogen-bond acceptors (Lipinski definition) is 5. The maximum absolute atomic E-state index is 5.30. The Morgan fingerprint density at radius 3 is 1.40 bits per heavy atom. The number of fused-ring (bicyclic) bond motifs is 3. The van der Waals surface area contributed by atoms with Crippen LogP contribution in [0, 0.1) is 0 Å². The van der Waals surface area contributed by atoms with Gasteiger partial charge in [-0.2, -0.15) is 0 Å². The summed E-state index contributed by atoms with van der Waals surface area (Å²) in [6, 6.07) is 66.2. The molecule has 0 saturated heterocycles. The minimum atomic E-state index is 0.620. The smallest absolute Gasteiger partial charge is 0.164 e. The van der Waals surface area contributed by atoms with Crippen molar-refractivity contribution in [3.05, 3.63) is 194 Å². The summed E-state index contributed by atoms with van der Waals surface area (Å²) in [4.78, 5) is 25.3. The van der Waals surface area contributed by atoms with E-state index in [1.54, 1.807) is 0 Å². The Morgan fingerprint density at radius 2 is 0.764 bits per heavy atom. The molecule has 0 bridgehead atoms. The molecule has 3 heterocycles. The number of nitrogens with zero attached hydrogens (tertiary/aromatic N) is 6. The van der Waals surface area contributed by atoms with Gasteiger partial charge in [-0.25, -0.2) is 24.9 Å². The molecule has 0 fully saturated rings. The Morgan fingerprint density at radius 1 is 0.309 bits per heavy atom. The van der Waals surface area contributed by atoms with E-state index in [4.69, 9.17) is 24.9 Å². The molecule has 0 radical (unpaired) electrons. The Balaban J connectivity index is 1.07. The minimum Gasteiger partial charge on any atom is -0.294 e. The highest BCUT2D eigenvalue weighted by Gasteiger charge is 2.21. The molecule has 7 aromatic carbocycles. The lowest BCUT2D eigenvalue weighted by Crippen LogP contribution is -2.00. The predicted molar refractivity (Wildman–Crippen MR) is 222 cm³/mol. The lowest BCUT2D eigenvalue weighted by molar-refractivity contribution is 1.07. The molecule has 10 aromatic rings. The van der Waals surface area contributed by atoms with Crippen LogP contribution in [0.1, 0.15) is 0 Å². The van der Waals surface area contributed by atoms with Crippen LogP contribution in [0.15, 0.2) is 194 Å². The van der Waals surface area contributed by atoms with Gasteiger partial charge in [0.25, 0.3) is 0 Å². The van der Waals surface area contributed by atoms with Gasteiger partial charge in [-0.15, -0.1) is 0 Å². The van der Waals surface area contributed by atoms with E-state index in [1.807, 2.05) is 72.8 Å². The Hall–Kier alpha value is -7.57. The normalized spacial score (nSPS) is 11.3. The molecule has 0 amide bonds. The lowest BCUT2D eigenvalue weighted by Gasteiger charge is -2.11.